The highest BCUT2D eigenvalue weighted by atomic mass is 32.1. The van der Waals surface area contributed by atoms with Crippen LogP contribution in [0.15, 0.2) is 39.0 Å². The number of nitrogens with one attached hydrogen (secondary N) is 1. The first-order chi connectivity index (χ1) is 9.22. The average Bonchev–Trinajstić information content (AvgIpc) is 3.04. The highest BCUT2D eigenvalue weighted by Gasteiger charge is 2.11. The third-order valence-electron chi connectivity index (χ3n) is 2.99. The molecule has 0 amide bonds. The Kier molecular flexibility index (Phi) is 1.91. The minimum absolute atomic E-state index is 0.454. The summed E-state index contributed by atoms with van der Waals surface area (Å²) < 4.78 is 6.94. The van der Waals surface area contributed by atoms with E-state index in [1.165, 1.54) is 11.3 Å². The summed E-state index contributed by atoms with van der Waals surface area (Å²) >= 11 is 1.51. The lowest BCUT2D eigenvalue weighted by Crippen LogP contribution is -1.92. The molecular weight excluding hydrogens is 264 g/mol. The van der Waals surface area contributed by atoms with Gasteiger partial charge in [-0.25, -0.2) is 9.78 Å². The van der Waals surface area contributed by atoms with Crippen molar-refractivity contribution in [3.8, 4) is 11.3 Å². The van der Waals surface area contributed by atoms with Gasteiger partial charge in [-0.3, -0.25) is 9.38 Å². The summed E-state index contributed by atoms with van der Waals surface area (Å²) in [6.45, 7) is 0. The fourth-order valence-corrected chi connectivity index (χ4v) is 3.02. The average molecular weight is 272 g/mol. The number of rotatable bonds is 1. The maximum absolute atomic E-state index is 11.2. The van der Waals surface area contributed by atoms with Crippen LogP contribution in [0.25, 0.3) is 27.3 Å². The zero-order valence-corrected chi connectivity index (χ0v) is 10.4. The van der Waals surface area contributed by atoms with E-state index < -0.39 is 5.76 Å². The number of fused-ring (bicyclic) bond motifs is 2. The van der Waals surface area contributed by atoms with Crippen LogP contribution in [0.1, 0.15) is 0 Å². The molecule has 1 aromatic carbocycles. The number of H-pyrrole nitrogens is 1. The molecule has 0 aliphatic rings. The van der Waals surface area contributed by atoms with Crippen LogP contribution in [0.3, 0.4) is 0 Å². The number of nitrogens with two attached hydrogens (primary N) is 1. The number of benzene rings is 1. The van der Waals surface area contributed by atoms with E-state index in [4.69, 9.17) is 10.2 Å². The number of oxazole rings is 1. The van der Waals surface area contributed by atoms with Crippen molar-refractivity contribution < 1.29 is 4.42 Å². The number of nitrogen functional groups attached to an aromatic ring is 1. The van der Waals surface area contributed by atoms with E-state index in [-0.39, 0.29) is 0 Å². The van der Waals surface area contributed by atoms with Crippen LogP contribution in [-0.4, -0.2) is 14.4 Å². The molecule has 0 unspecified atom stereocenters. The van der Waals surface area contributed by atoms with Crippen molar-refractivity contribution in [2.45, 2.75) is 0 Å². The Hall–Kier alpha value is -2.54. The largest absolute Gasteiger partial charge is 0.417 e. The van der Waals surface area contributed by atoms with Crippen LogP contribution in [0.2, 0.25) is 0 Å². The Bertz CT molecular complexity index is 959. The van der Waals surface area contributed by atoms with Gasteiger partial charge in [0.25, 0.3) is 0 Å². The number of aromatic nitrogens is 3. The number of aromatic amines is 1. The summed E-state index contributed by atoms with van der Waals surface area (Å²) in [4.78, 5) is 18.8. The molecule has 3 heterocycles. The van der Waals surface area contributed by atoms with Gasteiger partial charge in [-0.05, 0) is 12.1 Å². The lowest BCUT2D eigenvalue weighted by atomic mass is 10.1. The van der Waals surface area contributed by atoms with Crippen molar-refractivity contribution in [1.82, 2.24) is 14.4 Å². The highest BCUT2D eigenvalue weighted by molar-refractivity contribution is 7.15. The van der Waals surface area contributed by atoms with E-state index in [9.17, 15) is 4.79 Å². The predicted octanol–water partition coefficient (Wildman–Crippen LogP) is 2.08. The molecule has 0 atom stereocenters. The lowest BCUT2D eigenvalue weighted by molar-refractivity contribution is 0.555. The van der Waals surface area contributed by atoms with Gasteiger partial charge in [0, 0.05) is 10.9 Å². The normalized spacial score (nSPS) is 11.6. The summed E-state index contributed by atoms with van der Waals surface area (Å²) in [7, 11) is 0. The van der Waals surface area contributed by atoms with Crippen LogP contribution in [-0.2, 0) is 0 Å². The summed E-state index contributed by atoms with van der Waals surface area (Å²) in [5.74, 6) is 0.131. The molecule has 0 aliphatic heterocycles. The van der Waals surface area contributed by atoms with Gasteiger partial charge in [0.1, 0.15) is 5.82 Å². The van der Waals surface area contributed by atoms with Crippen LogP contribution in [0, 0.1) is 0 Å². The molecule has 0 saturated heterocycles. The molecule has 4 aromatic rings. The van der Waals surface area contributed by atoms with Crippen LogP contribution in [0.4, 0.5) is 5.82 Å². The standard InChI is InChI=1S/C12H8N4O2S/c13-10-4-14-11-16(10)8(5-19-11)6-1-2-7-9(3-6)18-12(17)15-7/h1-5H,13H2,(H,15,17). The molecule has 94 valence electrons. The Morgan fingerprint density at radius 3 is 3.21 bits per heavy atom. The zero-order chi connectivity index (χ0) is 13.0. The summed E-state index contributed by atoms with van der Waals surface area (Å²) in [5, 5.41) is 1.98. The number of anilines is 1. The molecule has 4 rings (SSSR count). The molecule has 19 heavy (non-hydrogen) atoms. The Labute approximate surface area is 110 Å². The zero-order valence-electron chi connectivity index (χ0n) is 9.58. The number of hydrogen-bond acceptors (Lipinski definition) is 5. The van der Waals surface area contributed by atoms with E-state index in [1.807, 2.05) is 28.0 Å². The third-order valence-corrected chi connectivity index (χ3v) is 3.83. The van der Waals surface area contributed by atoms with Gasteiger partial charge in [-0.2, -0.15) is 0 Å². The van der Waals surface area contributed by atoms with Crippen molar-refractivity contribution in [3.63, 3.8) is 0 Å². The van der Waals surface area contributed by atoms with E-state index in [0.717, 1.165) is 16.2 Å². The fourth-order valence-electron chi connectivity index (χ4n) is 2.14. The molecule has 7 heteroatoms. The smallest absolute Gasteiger partial charge is 0.408 e. The highest BCUT2D eigenvalue weighted by Crippen LogP contribution is 2.29. The third kappa shape index (κ3) is 1.42. The van der Waals surface area contributed by atoms with E-state index >= 15 is 0 Å². The van der Waals surface area contributed by atoms with Crippen molar-refractivity contribution in [3.05, 3.63) is 40.3 Å². The van der Waals surface area contributed by atoms with Gasteiger partial charge in [0.15, 0.2) is 10.5 Å². The van der Waals surface area contributed by atoms with Crippen molar-refractivity contribution in [1.29, 1.82) is 0 Å². The molecule has 3 N–H and O–H groups in total. The van der Waals surface area contributed by atoms with Crippen LogP contribution < -0.4 is 11.5 Å². The Morgan fingerprint density at radius 2 is 2.32 bits per heavy atom. The van der Waals surface area contributed by atoms with Crippen molar-refractivity contribution in [2.24, 2.45) is 0 Å². The minimum Gasteiger partial charge on any atom is -0.408 e. The molecule has 0 radical (unpaired) electrons. The van der Waals surface area contributed by atoms with Gasteiger partial charge < -0.3 is 10.2 Å². The molecule has 0 aliphatic carbocycles. The quantitative estimate of drug-likeness (QED) is 0.555. The number of nitrogens with zero attached hydrogens (tertiary/aromatic N) is 2. The van der Waals surface area contributed by atoms with Gasteiger partial charge >= 0.3 is 5.76 Å². The number of imidazole rings is 1. The summed E-state index contributed by atoms with van der Waals surface area (Å²) in [6.07, 6.45) is 1.63. The van der Waals surface area contributed by atoms with E-state index in [2.05, 4.69) is 9.97 Å². The first-order valence-electron chi connectivity index (χ1n) is 5.56. The molecule has 0 fully saturated rings. The molecule has 0 bridgehead atoms. The second kappa shape index (κ2) is 3.48. The predicted molar refractivity (Wildman–Crippen MR) is 73.3 cm³/mol. The second-order valence-electron chi connectivity index (χ2n) is 4.15. The minimum atomic E-state index is -0.454. The van der Waals surface area contributed by atoms with Crippen molar-refractivity contribution >= 4 is 33.2 Å². The maximum atomic E-state index is 11.2. The monoisotopic (exact) mass is 272 g/mol. The van der Waals surface area contributed by atoms with Gasteiger partial charge in [0.2, 0.25) is 0 Å². The summed E-state index contributed by atoms with van der Waals surface area (Å²) in [6, 6.07) is 5.54. The Morgan fingerprint density at radius 1 is 1.42 bits per heavy atom. The van der Waals surface area contributed by atoms with Gasteiger partial charge in [-0.1, -0.05) is 6.07 Å². The maximum Gasteiger partial charge on any atom is 0.417 e. The Balaban J connectivity index is 2.02. The molecule has 3 aromatic heterocycles. The molecule has 0 saturated carbocycles. The fraction of sp³-hybridized carbons (Fsp3) is 0. The van der Waals surface area contributed by atoms with Gasteiger partial charge in [0.05, 0.1) is 17.4 Å². The summed E-state index contributed by atoms with van der Waals surface area (Å²) in [5.41, 5.74) is 8.96. The lowest BCUT2D eigenvalue weighted by Gasteiger charge is -2.00. The SMILES string of the molecule is Nc1cnc2scc(-c3ccc4[nH]c(=O)oc4c3)n12. The molecule has 0 spiro atoms. The van der Waals surface area contributed by atoms with Crippen LogP contribution in [0.5, 0.6) is 0 Å². The second-order valence-corrected chi connectivity index (χ2v) is 4.98. The molecule has 6 nitrogen and oxygen atoms in total. The van der Waals surface area contributed by atoms with E-state index in [0.29, 0.717) is 16.9 Å². The topological polar surface area (TPSA) is 89.3 Å². The first kappa shape index (κ1) is 10.4. The van der Waals surface area contributed by atoms with Gasteiger partial charge in [-0.15, -0.1) is 11.3 Å². The molecular formula is C12H8N4O2S. The van der Waals surface area contributed by atoms with Crippen LogP contribution >= 0.6 is 11.3 Å². The first-order valence-corrected chi connectivity index (χ1v) is 6.44. The number of hydrogen-bond donors (Lipinski definition) is 2. The van der Waals surface area contributed by atoms with Crippen molar-refractivity contribution in [2.75, 3.05) is 5.73 Å². The van der Waals surface area contributed by atoms with E-state index in [1.54, 1.807) is 6.20 Å². The number of thiazole rings is 1.